The number of rotatable bonds is 3. The highest BCUT2D eigenvalue weighted by atomic mass is 16.1. The van der Waals surface area contributed by atoms with E-state index in [2.05, 4.69) is 5.32 Å². The van der Waals surface area contributed by atoms with Crippen molar-refractivity contribution < 1.29 is 6.22 Å². The Hall–Kier alpha value is -0.370. The SMILES string of the molecule is CC.CNC1CCC(CC(C)=O)CC1.[HH]. The Kier molecular flexibility index (Phi) is 7.77. The van der Waals surface area contributed by atoms with Crippen LogP contribution in [0.3, 0.4) is 0 Å². The molecule has 0 radical (unpaired) electrons. The Morgan fingerprint density at radius 1 is 1.29 bits per heavy atom. The minimum absolute atomic E-state index is 0. The van der Waals surface area contributed by atoms with E-state index in [1.54, 1.807) is 6.92 Å². The summed E-state index contributed by atoms with van der Waals surface area (Å²) in [5.41, 5.74) is 0. The molecule has 0 unspecified atom stereocenters. The van der Waals surface area contributed by atoms with Crippen LogP contribution in [0.15, 0.2) is 0 Å². The fourth-order valence-corrected chi connectivity index (χ4v) is 2.06. The van der Waals surface area contributed by atoms with Crippen LogP contribution in [-0.2, 0) is 4.79 Å². The van der Waals surface area contributed by atoms with Crippen molar-refractivity contribution in [1.29, 1.82) is 0 Å². The first-order valence-corrected chi connectivity index (χ1v) is 5.89. The van der Waals surface area contributed by atoms with Gasteiger partial charge in [0, 0.05) is 13.9 Å². The minimum atomic E-state index is 0. The van der Waals surface area contributed by atoms with E-state index in [9.17, 15) is 4.79 Å². The second-order valence-electron chi connectivity index (χ2n) is 3.91. The molecule has 0 spiro atoms. The highest BCUT2D eigenvalue weighted by Gasteiger charge is 2.20. The molecule has 2 nitrogen and oxygen atoms in total. The van der Waals surface area contributed by atoms with Crippen molar-refractivity contribution in [3.63, 3.8) is 0 Å². The number of ketones is 1. The summed E-state index contributed by atoms with van der Waals surface area (Å²) in [4.78, 5) is 10.8. The van der Waals surface area contributed by atoms with Gasteiger partial charge in [-0.3, -0.25) is 0 Å². The Morgan fingerprint density at radius 3 is 2.14 bits per heavy atom. The second-order valence-corrected chi connectivity index (χ2v) is 3.91. The molecule has 1 fully saturated rings. The maximum Gasteiger partial charge on any atom is 0.130 e. The highest BCUT2D eigenvalue weighted by molar-refractivity contribution is 5.75. The van der Waals surface area contributed by atoms with Gasteiger partial charge in [0.1, 0.15) is 5.78 Å². The zero-order chi connectivity index (χ0) is 11.0. The van der Waals surface area contributed by atoms with Crippen molar-refractivity contribution in [3.8, 4) is 0 Å². The maximum absolute atomic E-state index is 10.8. The summed E-state index contributed by atoms with van der Waals surface area (Å²) < 4.78 is 0. The van der Waals surface area contributed by atoms with Gasteiger partial charge in [0.25, 0.3) is 0 Å². The average Bonchev–Trinajstić information content (AvgIpc) is 2.21. The zero-order valence-electron chi connectivity index (χ0n) is 10.1. The molecular weight excluding hydrogens is 174 g/mol. The normalized spacial score (nSPS) is 26.3. The predicted octanol–water partition coefficient (Wildman–Crippen LogP) is 3.02. The molecular formula is C12H27NO. The summed E-state index contributed by atoms with van der Waals surface area (Å²) in [5, 5.41) is 3.29. The molecule has 0 saturated heterocycles. The molecule has 0 aromatic rings. The predicted molar refractivity (Wildman–Crippen MR) is 63.6 cm³/mol. The zero-order valence-corrected chi connectivity index (χ0v) is 10.1. The first-order chi connectivity index (χ1) is 6.72. The number of hydrogen-bond donors (Lipinski definition) is 1. The summed E-state index contributed by atoms with van der Waals surface area (Å²) in [6.07, 6.45) is 5.75. The van der Waals surface area contributed by atoms with Gasteiger partial charge < -0.3 is 10.1 Å². The quantitative estimate of drug-likeness (QED) is 0.760. The van der Waals surface area contributed by atoms with E-state index in [1.165, 1.54) is 25.7 Å². The number of nitrogens with one attached hydrogen (secondary N) is 1. The molecule has 1 rings (SSSR count). The van der Waals surface area contributed by atoms with Gasteiger partial charge >= 0.3 is 0 Å². The van der Waals surface area contributed by atoms with Crippen LogP contribution in [0.5, 0.6) is 0 Å². The third-order valence-corrected chi connectivity index (χ3v) is 2.83. The summed E-state index contributed by atoms with van der Waals surface area (Å²) in [5.74, 6) is 1.02. The fraction of sp³-hybridized carbons (Fsp3) is 0.917. The average molecular weight is 201 g/mol. The largest absolute Gasteiger partial charge is 0.317 e. The van der Waals surface area contributed by atoms with Gasteiger partial charge in [-0.05, 0) is 45.6 Å². The molecule has 0 aromatic carbocycles. The van der Waals surface area contributed by atoms with E-state index >= 15 is 0 Å². The van der Waals surface area contributed by atoms with Crippen molar-refractivity contribution in [3.05, 3.63) is 0 Å². The third kappa shape index (κ3) is 5.38. The molecule has 86 valence electrons. The van der Waals surface area contributed by atoms with Crippen LogP contribution in [0.25, 0.3) is 0 Å². The third-order valence-electron chi connectivity index (χ3n) is 2.83. The maximum atomic E-state index is 10.8. The van der Waals surface area contributed by atoms with E-state index in [-0.39, 0.29) is 1.43 Å². The van der Waals surface area contributed by atoms with Crippen LogP contribution >= 0.6 is 0 Å². The van der Waals surface area contributed by atoms with Gasteiger partial charge in [-0.15, -0.1) is 0 Å². The van der Waals surface area contributed by atoms with E-state index < -0.39 is 0 Å². The minimum Gasteiger partial charge on any atom is -0.317 e. The van der Waals surface area contributed by atoms with Gasteiger partial charge in [-0.25, -0.2) is 0 Å². The van der Waals surface area contributed by atoms with Crippen LogP contribution in [0.2, 0.25) is 0 Å². The number of carbonyl (C=O) groups excluding carboxylic acids is 1. The van der Waals surface area contributed by atoms with Crippen LogP contribution < -0.4 is 5.32 Å². The monoisotopic (exact) mass is 201 g/mol. The molecule has 0 heterocycles. The van der Waals surface area contributed by atoms with Crippen molar-refractivity contribution >= 4 is 5.78 Å². The van der Waals surface area contributed by atoms with Gasteiger partial charge in [0.05, 0.1) is 0 Å². The van der Waals surface area contributed by atoms with Crippen molar-refractivity contribution in [2.75, 3.05) is 7.05 Å². The first kappa shape index (κ1) is 13.6. The molecule has 0 amide bonds. The Bertz CT molecular complexity index is 154. The van der Waals surface area contributed by atoms with E-state index in [0.29, 0.717) is 17.7 Å². The highest BCUT2D eigenvalue weighted by Crippen LogP contribution is 2.26. The molecule has 1 N–H and O–H groups in total. The Labute approximate surface area is 89.9 Å². The van der Waals surface area contributed by atoms with E-state index in [0.717, 1.165) is 6.42 Å². The van der Waals surface area contributed by atoms with Crippen LogP contribution in [0.4, 0.5) is 0 Å². The summed E-state index contributed by atoms with van der Waals surface area (Å²) >= 11 is 0. The van der Waals surface area contributed by atoms with Gasteiger partial charge in [0.2, 0.25) is 0 Å². The first-order valence-electron chi connectivity index (χ1n) is 5.89. The van der Waals surface area contributed by atoms with Crippen molar-refractivity contribution in [2.24, 2.45) is 5.92 Å². The summed E-state index contributed by atoms with van der Waals surface area (Å²) in [6.45, 7) is 5.70. The number of hydrogen-bond acceptors (Lipinski definition) is 2. The molecule has 1 aliphatic rings. The fourth-order valence-electron chi connectivity index (χ4n) is 2.06. The van der Waals surface area contributed by atoms with Crippen LogP contribution in [0.1, 0.15) is 54.3 Å². The Morgan fingerprint density at radius 2 is 1.79 bits per heavy atom. The lowest BCUT2D eigenvalue weighted by Gasteiger charge is -2.27. The molecule has 1 aliphatic carbocycles. The van der Waals surface area contributed by atoms with Crippen molar-refractivity contribution in [1.82, 2.24) is 5.32 Å². The van der Waals surface area contributed by atoms with Gasteiger partial charge in [-0.1, -0.05) is 13.8 Å². The molecule has 0 aromatic heterocycles. The smallest absolute Gasteiger partial charge is 0.130 e. The lowest BCUT2D eigenvalue weighted by Crippen LogP contribution is -2.30. The number of carbonyl (C=O) groups is 1. The van der Waals surface area contributed by atoms with Crippen LogP contribution in [-0.4, -0.2) is 18.9 Å². The van der Waals surface area contributed by atoms with Gasteiger partial charge in [-0.2, -0.15) is 0 Å². The molecule has 0 aliphatic heterocycles. The molecule has 2 heteroatoms. The lowest BCUT2D eigenvalue weighted by atomic mass is 9.83. The molecule has 14 heavy (non-hydrogen) atoms. The van der Waals surface area contributed by atoms with Gasteiger partial charge in [0.15, 0.2) is 0 Å². The summed E-state index contributed by atoms with van der Waals surface area (Å²) in [6, 6.07) is 0.702. The lowest BCUT2D eigenvalue weighted by molar-refractivity contribution is -0.118. The summed E-state index contributed by atoms with van der Waals surface area (Å²) in [7, 11) is 2.02. The topological polar surface area (TPSA) is 29.1 Å². The van der Waals surface area contributed by atoms with E-state index in [1.807, 2.05) is 20.9 Å². The molecule has 0 atom stereocenters. The molecule has 1 saturated carbocycles. The Balaban J connectivity index is 0. The van der Waals surface area contributed by atoms with E-state index in [4.69, 9.17) is 0 Å². The van der Waals surface area contributed by atoms with Crippen molar-refractivity contribution in [2.45, 2.75) is 58.9 Å². The standard InChI is InChI=1S/C10H19NO.C2H6.H2/c1-8(12)7-9-3-5-10(11-2)6-4-9;1-2;/h9-11H,3-7H2,1-2H3;1-2H3;1H. The second kappa shape index (κ2) is 7.98. The van der Waals surface area contributed by atoms with Crippen LogP contribution in [0, 0.1) is 5.92 Å². The molecule has 0 bridgehead atoms. The number of Topliss-reactive ketones (excluding diaryl/α,β-unsaturated/α-hetero) is 1.